The smallest absolute Gasteiger partial charge is 0.312 e. The Balaban J connectivity index is 3.46. The third kappa shape index (κ3) is 2.54. The number of alkyl halides is 3. The minimum Gasteiger partial charge on any atom is -0.481 e. The molecular weight excluding hydrogens is 357 g/mol. The summed E-state index contributed by atoms with van der Waals surface area (Å²) in [4.78, 5) is 21.9. The van der Waals surface area contributed by atoms with Gasteiger partial charge in [-0.15, -0.1) is 0 Å². The monoisotopic (exact) mass is 368 g/mol. The van der Waals surface area contributed by atoms with Gasteiger partial charge in [0.1, 0.15) is 11.5 Å². The van der Waals surface area contributed by atoms with Crippen LogP contribution in [0.15, 0.2) is 29.9 Å². The molecule has 0 aromatic carbocycles. The summed E-state index contributed by atoms with van der Waals surface area (Å²) < 4.78 is 25.6. The van der Waals surface area contributed by atoms with E-state index in [4.69, 9.17) is 5.11 Å². The number of allylic oxidation sites excluding steroid dienone is 4. The Morgan fingerprint density at radius 2 is 2.28 bits per heavy atom. The Hall–Kier alpha value is -1.01. The second-order valence-corrected chi connectivity index (χ2v) is 5.64. The zero-order valence-electron chi connectivity index (χ0n) is 9.49. The van der Waals surface area contributed by atoms with Crippen molar-refractivity contribution in [3.8, 4) is 0 Å². The molecule has 1 N–H and O–H groups in total. The summed E-state index contributed by atoms with van der Waals surface area (Å²) in [6.45, 7) is 1.79. The minimum absolute atomic E-state index is 0.447. The molecule has 1 aliphatic rings. The second kappa shape index (κ2) is 5.32. The highest BCUT2D eigenvalue weighted by molar-refractivity contribution is 14.1. The molecule has 6 heteroatoms. The van der Waals surface area contributed by atoms with Crippen molar-refractivity contribution in [1.29, 1.82) is 0 Å². The first-order valence-corrected chi connectivity index (χ1v) is 6.30. The van der Waals surface area contributed by atoms with E-state index in [1.54, 1.807) is 35.6 Å². The molecule has 0 spiro atoms. The molecule has 18 heavy (non-hydrogen) atoms. The average molecular weight is 368 g/mol. The van der Waals surface area contributed by atoms with Gasteiger partial charge < -0.3 is 5.11 Å². The molecule has 98 valence electrons. The number of aliphatic carboxylic acids is 1. The lowest BCUT2D eigenvalue weighted by Crippen LogP contribution is -2.45. The van der Waals surface area contributed by atoms with Crippen LogP contribution < -0.4 is 0 Å². The summed E-state index contributed by atoms with van der Waals surface area (Å²) in [6, 6.07) is 0. The molecule has 0 bridgehead atoms. The summed E-state index contributed by atoms with van der Waals surface area (Å²) in [5.41, 5.74) is -0.852. The van der Waals surface area contributed by atoms with Crippen molar-refractivity contribution in [1.82, 2.24) is 0 Å². The van der Waals surface area contributed by atoms with Gasteiger partial charge >= 0.3 is 5.97 Å². The molecule has 0 aromatic heterocycles. The fraction of sp³-hybridized carbons (Fsp3) is 0.417. The zero-order chi connectivity index (χ0) is 14.0. The van der Waals surface area contributed by atoms with Gasteiger partial charge in [0, 0.05) is 0 Å². The third-order valence-corrected chi connectivity index (χ3v) is 4.20. The number of halogens is 3. The number of carbonyl (C=O) groups excluding carboxylic acids is 1. The fourth-order valence-electron chi connectivity index (χ4n) is 1.74. The van der Waals surface area contributed by atoms with Gasteiger partial charge in [0.05, 0.1) is 9.34 Å². The van der Waals surface area contributed by atoms with Crippen LogP contribution in [0.3, 0.4) is 0 Å². The van der Waals surface area contributed by atoms with Gasteiger partial charge in [-0.3, -0.25) is 4.79 Å². The van der Waals surface area contributed by atoms with Crippen LogP contribution in [-0.2, 0) is 9.59 Å². The highest BCUT2D eigenvalue weighted by Gasteiger charge is 2.54. The SMILES string of the molecule is CCC=CC1(I)C(=C=O)C(F)(F)C=CC1C(=O)O. The second-order valence-electron chi connectivity index (χ2n) is 3.85. The van der Waals surface area contributed by atoms with Crippen LogP contribution in [0, 0.1) is 5.92 Å². The molecule has 1 rings (SSSR count). The maximum atomic E-state index is 13.6. The van der Waals surface area contributed by atoms with Crippen LogP contribution >= 0.6 is 22.6 Å². The first-order valence-electron chi connectivity index (χ1n) is 5.22. The molecule has 2 unspecified atom stereocenters. The van der Waals surface area contributed by atoms with Crippen molar-refractivity contribution in [2.75, 3.05) is 0 Å². The van der Waals surface area contributed by atoms with Gasteiger partial charge in [0.25, 0.3) is 5.92 Å². The Bertz CT molecular complexity index is 464. The number of hydrogen-bond donors (Lipinski definition) is 1. The molecule has 0 aromatic rings. The highest BCUT2D eigenvalue weighted by Crippen LogP contribution is 2.48. The van der Waals surface area contributed by atoms with E-state index < -0.39 is 26.8 Å². The Morgan fingerprint density at radius 1 is 1.67 bits per heavy atom. The lowest BCUT2D eigenvalue weighted by molar-refractivity contribution is -0.140. The number of hydrogen-bond acceptors (Lipinski definition) is 2. The number of carboxylic acid groups (broad SMARTS) is 1. The van der Waals surface area contributed by atoms with E-state index >= 15 is 0 Å². The molecule has 3 nitrogen and oxygen atoms in total. The number of rotatable bonds is 3. The van der Waals surface area contributed by atoms with E-state index in [9.17, 15) is 18.4 Å². The van der Waals surface area contributed by atoms with Crippen LogP contribution in [0.25, 0.3) is 0 Å². The first kappa shape index (κ1) is 15.0. The summed E-state index contributed by atoms with van der Waals surface area (Å²) in [5.74, 6) is -4.71. The third-order valence-electron chi connectivity index (χ3n) is 2.63. The lowest BCUT2D eigenvalue weighted by atomic mass is 9.78. The van der Waals surface area contributed by atoms with Gasteiger partial charge in [-0.25, -0.2) is 4.79 Å². The quantitative estimate of drug-likeness (QED) is 0.361. The van der Waals surface area contributed by atoms with E-state index in [1.165, 1.54) is 12.0 Å². The standard InChI is InChI=1S/C12H11F2IO3/c1-2-3-5-11(15)8(10(17)18)4-6-12(13,14)9(11)7-16/h3-6,8H,2H2,1H3,(H,17,18). The maximum Gasteiger partial charge on any atom is 0.312 e. The lowest BCUT2D eigenvalue weighted by Gasteiger charge is -2.35. The molecule has 0 fully saturated rings. The zero-order valence-corrected chi connectivity index (χ0v) is 11.6. The predicted molar refractivity (Wildman–Crippen MR) is 70.6 cm³/mol. The minimum atomic E-state index is -3.47. The van der Waals surface area contributed by atoms with E-state index in [0.29, 0.717) is 12.5 Å². The maximum absolute atomic E-state index is 13.6. The van der Waals surface area contributed by atoms with Gasteiger partial charge in [-0.2, -0.15) is 8.78 Å². The van der Waals surface area contributed by atoms with Crippen molar-refractivity contribution in [2.24, 2.45) is 5.92 Å². The normalized spacial score (nSPS) is 30.4. The average Bonchev–Trinajstić information content (AvgIpc) is 2.25. The van der Waals surface area contributed by atoms with Crippen molar-refractivity contribution < 1.29 is 23.5 Å². The molecule has 0 saturated heterocycles. The summed E-state index contributed by atoms with van der Waals surface area (Å²) in [7, 11) is 0. The van der Waals surface area contributed by atoms with Gasteiger partial charge in [-0.1, -0.05) is 47.7 Å². The fourth-order valence-corrected chi connectivity index (χ4v) is 2.93. The van der Waals surface area contributed by atoms with E-state index in [2.05, 4.69) is 0 Å². The number of carboxylic acids is 1. The molecule has 2 atom stereocenters. The molecule has 0 amide bonds. The van der Waals surface area contributed by atoms with Crippen molar-refractivity contribution in [3.05, 3.63) is 29.9 Å². The first-order chi connectivity index (χ1) is 8.29. The van der Waals surface area contributed by atoms with Crippen LogP contribution in [0.2, 0.25) is 0 Å². The highest BCUT2D eigenvalue weighted by atomic mass is 127. The van der Waals surface area contributed by atoms with E-state index in [-0.39, 0.29) is 0 Å². The Morgan fingerprint density at radius 3 is 2.72 bits per heavy atom. The van der Waals surface area contributed by atoms with Crippen LogP contribution in [0.1, 0.15) is 13.3 Å². The van der Waals surface area contributed by atoms with Crippen LogP contribution in [0.4, 0.5) is 8.78 Å². The predicted octanol–water partition coefficient (Wildman–Crippen LogP) is 2.79. The van der Waals surface area contributed by atoms with Gasteiger partial charge in [0.15, 0.2) is 0 Å². The molecule has 0 radical (unpaired) electrons. The van der Waals surface area contributed by atoms with Gasteiger partial charge in [-0.05, 0) is 12.5 Å². The molecular formula is C12H11F2IO3. The van der Waals surface area contributed by atoms with Crippen molar-refractivity contribution in [3.63, 3.8) is 0 Å². The van der Waals surface area contributed by atoms with Crippen LogP contribution in [0.5, 0.6) is 0 Å². The number of carbonyl (C=O) groups is 1. The Labute approximate surface area is 116 Å². The van der Waals surface area contributed by atoms with Crippen LogP contribution in [-0.4, -0.2) is 26.4 Å². The molecule has 0 aliphatic heterocycles. The summed E-state index contributed by atoms with van der Waals surface area (Å²) in [5, 5.41) is 9.08. The molecule has 1 aliphatic carbocycles. The molecule has 0 saturated carbocycles. The largest absolute Gasteiger partial charge is 0.481 e. The van der Waals surface area contributed by atoms with Gasteiger partial charge in [0.2, 0.25) is 0 Å². The summed E-state index contributed by atoms with van der Waals surface area (Å²) in [6.07, 6.45) is 4.83. The van der Waals surface area contributed by atoms with E-state index in [0.717, 1.165) is 6.08 Å². The summed E-state index contributed by atoms with van der Waals surface area (Å²) >= 11 is 1.58. The Kier molecular flexibility index (Phi) is 4.45. The van der Waals surface area contributed by atoms with E-state index in [1.807, 2.05) is 0 Å². The topological polar surface area (TPSA) is 54.4 Å². The van der Waals surface area contributed by atoms with Crippen molar-refractivity contribution in [2.45, 2.75) is 22.7 Å². The molecule has 0 heterocycles. The van der Waals surface area contributed by atoms with Crippen molar-refractivity contribution >= 4 is 34.5 Å².